The van der Waals surface area contributed by atoms with Gasteiger partial charge in [-0.25, -0.2) is 4.63 Å². The lowest BCUT2D eigenvalue weighted by Gasteiger charge is -2.46. The van der Waals surface area contributed by atoms with Crippen LogP contribution in [0.2, 0.25) is 0 Å². The molecule has 3 aromatic heterocycles. The normalized spacial score (nSPS) is 23.2. The number of hydrogen-bond acceptors (Lipinski definition) is 7. The van der Waals surface area contributed by atoms with Gasteiger partial charge in [-0.15, -0.1) is 11.3 Å². The molecule has 1 fully saturated rings. The zero-order chi connectivity index (χ0) is 20.7. The van der Waals surface area contributed by atoms with E-state index in [9.17, 15) is 9.59 Å². The molecular formula is C21H23N5O3S. The number of amides is 1. The Morgan fingerprint density at radius 1 is 1.27 bits per heavy atom. The average Bonchev–Trinajstić information content (AvgIpc) is 3.39. The maximum atomic E-state index is 13.3. The largest absolute Gasteiger partial charge is 0.348 e. The molecule has 2 aliphatic rings. The first kappa shape index (κ1) is 19.2. The maximum absolute atomic E-state index is 13.3. The third-order valence-corrected chi connectivity index (χ3v) is 6.99. The second-order valence-corrected chi connectivity index (χ2v) is 9.12. The van der Waals surface area contributed by atoms with E-state index in [1.54, 1.807) is 35.0 Å². The number of likely N-dealkylation sites (tertiary alicyclic amines) is 1. The van der Waals surface area contributed by atoms with Crippen molar-refractivity contribution in [1.29, 1.82) is 0 Å². The van der Waals surface area contributed by atoms with E-state index in [4.69, 9.17) is 4.63 Å². The minimum atomic E-state index is -0.531. The summed E-state index contributed by atoms with van der Waals surface area (Å²) in [4.78, 5) is 29.8. The quantitative estimate of drug-likeness (QED) is 0.673. The molecule has 0 radical (unpaired) electrons. The highest BCUT2D eigenvalue weighted by Crippen LogP contribution is 2.41. The first-order valence-corrected chi connectivity index (χ1v) is 11.0. The van der Waals surface area contributed by atoms with Gasteiger partial charge in [0.2, 0.25) is 5.91 Å². The molecule has 5 heterocycles. The molecule has 0 aliphatic carbocycles. The number of aromatic nitrogens is 3. The number of carbonyl (C=O) groups excluding carboxylic acids is 1. The molecule has 3 atom stereocenters. The van der Waals surface area contributed by atoms with Crippen molar-refractivity contribution in [3.63, 3.8) is 0 Å². The number of carbonyl (C=O) groups is 1. The van der Waals surface area contributed by atoms with Gasteiger partial charge in [-0.1, -0.05) is 22.4 Å². The molecule has 0 spiro atoms. The number of fused-ring (bicyclic) bond motifs is 4. The summed E-state index contributed by atoms with van der Waals surface area (Å²) < 4.78 is 6.43. The number of aryl methyl sites for hydroxylation is 1. The summed E-state index contributed by atoms with van der Waals surface area (Å²) in [6, 6.07) is 9.01. The number of thiophene rings is 1. The Balaban J connectivity index is 1.43. The second kappa shape index (κ2) is 7.81. The lowest BCUT2D eigenvalue weighted by molar-refractivity contribution is -0.128. The Morgan fingerprint density at radius 2 is 2.17 bits per heavy atom. The van der Waals surface area contributed by atoms with Crippen molar-refractivity contribution in [2.75, 3.05) is 13.1 Å². The molecular weight excluding hydrogens is 402 g/mol. The van der Waals surface area contributed by atoms with E-state index < -0.39 is 6.04 Å². The van der Waals surface area contributed by atoms with E-state index in [0.29, 0.717) is 11.4 Å². The van der Waals surface area contributed by atoms with Gasteiger partial charge in [0, 0.05) is 48.1 Å². The van der Waals surface area contributed by atoms with Crippen LogP contribution in [0.1, 0.15) is 40.3 Å². The van der Waals surface area contributed by atoms with E-state index in [0.717, 1.165) is 31.7 Å². The molecule has 156 valence electrons. The number of rotatable bonds is 5. The van der Waals surface area contributed by atoms with Crippen LogP contribution in [0.15, 0.2) is 45.1 Å². The van der Waals surface area contributed by atoms with Crippen molar-refractivity contribution >= 4 is 17.2 Å². The van der Waals surface area contributed by atoms with Crippen LogP contribution in [-0.4, -0.2) is 38.8 Å². The Kier molecular flexibility index (Phi) is 5.00. The van der Waals surface area contributed by atoms with Gasteiger partial charge >= 0.3 is 0 Å². The summed E-state index contributed by atoms with van der Waals surface area (Å²) in [6.07, 6.45) is 0.910. The maximum Gasteiger partial charge on any atom is 0.251 e. The van der Waals surface area contributed by atoms with Crippen LogP contribution in [0.25, 0.3) is 0 Å². The molecule has 1 saturated heterocycles. The zero-order valence-corrected chi connectivity index (χ0v) is 17.5. The van der Waals surface area contributed by atoms with Crippen LogP contribution in [0.3, 0.4) is 0 Å². The third kappa shape index (κ3) is 3.48. The standard InChI is InChI=1S/C21H23N5O3S/c1-13-17(24-29-23-13)9-22-21(28)20-15-8-14(18-5-2-6-19(27)26(18)20)10-25(11-15)12-16-4-3-7-30-16/h2-7,14-15,20H,8-12H2,1H3,(H,22,28)/t14-,15+,20-/m1/s1. The highest BCUT2D eigenvalue weighted by molar-refractivity contribution is 7.09. The number of nitrogens with one attached hydrogen (secondary N) is 1. The Hall–Kier alpha value is -2.78. The van der Waals surface area contributed by atoms with Crippen LogP contribution < -0.4 is 10.9 Å². The van der Waals surface area contributed by atoms with Crippen molar-refractivity contribution in [2.45, 2.75) is 38.4 Å². The topological polar surface area (TPSA) is 93.3 Å². The first-order valence-electron chi connectivity index (χ1n) is 10.1. The molecule has 1 amide bonds. The monoisotopic (exact) mass is 425 g/mol. The average molecular weight is 426 g/mol. The van der Waals surface area contributed by atoms with Crippen LogP contribution >= 0.6 is 11.3 Å². The Labute approximate surface area is 177 Å². The fraction of sp³-hybridized carbons (Fsp3) is 0.429. The fourth-order valence-electron chi connectivity index (χ4n) is 4.80. The molecule has 9 heteroatoms. The van der Waals surface area contributed by atoms with Gasteiger partial charge in [0.05, 0.1) is 6.54 Å². The number of piperidine rings is 1. The highest BCUT2D eigenvalue weighted by atomic mass is 32.1. The number of hydrogen-bond donors (Lipinski definition) is 1. The van der Waals surface area contributed by atoms with E-state index >= 15 is 0 Å². The summed E-state index contributed by atoms with van der Waals surface area (Å²) in [6.45, 7) is 4.58. The van der Waals surface area contributed by atoms with Gasteiger partial charge in [0.25, 0.3) is 5.56 Å². The van der Waals surface area contributed by atoms with Crippen molar-refractivity contribution in [2.24, 2.45) is 5.92 Å². The lowest BCUT2D eigenvalue weighted by Crippen LogP contribution is -2.53. The molecule has 30 heavy (non-hydrogen) atoms. The van der Waals surface area contributed by atoms with E-state index in [2.05, 4.69) is 38.0 Å². The molecule has 1 N–H and O–H groups in total. The minimum Gasteiger partial charge on any atom is -0.348 e. The fourth-order valence-corrected chi connectivity index (χ4v) is 5.55. The summed E-state index contributed by atoms with van der Waals surface area (Å²) >= 11 is 1.75. The predicted molar refractivity (Wildman–Crippen MR) is 111 cm³/mol. The summed E-state index contributed by atoms with van der Waals surface area (Å²) in [7, 11) is 0. The summed E-state index contributed by atoms with van der Waals surface area (Å²) in [5.41, 5.74) is 2.08. The molecule has 0 unspecified atom stereocenters. The van der Waals surface area contributed by atoms with Crippen molar-refractivity contribution in [1.82, 2.24) is 25.1 Å². The molecule has 8 nitrogen and oxygen atoms in total. The first-order chi connectivity index (χ1) is 14.6. The Morgan fingerprint density at radius 3 is 2.93 bits per heavy atom. The van der Waals surface area contributed by atoms with E-state index in [1.165, 1.54) is 4.88 Å². The van der Waals surface area contributed by atoms with Gasteiger partial charge in [-0.2, -0.15) is 0 Å². The highest BCUT2D eigenvalue weighted by Gasteiger charge is 2.43. The van der Waals surface area contributed by atoms with E-state index in [1.807, 2.05) is 6.07 Å². The van der Waals surface area contributed by atoms with Gasteiger partial charge in [0.1, 0.15) is 17.4 Å². The summed E-state index contributed by atoms with van der Waals surface area (Å²) in [5, 5.41) is 12.6. The van der Waals surface area contributed by atoms with Gasteiger partial charge in [-0.3, -0.25) is 19.1 Å². The number of nitrogens with zero attached hydrogens (tertiary/aromatic N) is 4. The third-order valence-electron chi connectivity index (χ3n) is 6.13. The van der Waals surface area contributed by atoms with Crippen molar-refractivity contribution < 1.29 is 9.42 Å². The predicted octanol–water partition coefficient (Wildman–Crippen LogP) is 2.08. The van der Waals surface area contributed by atoms with E-state index in [-0.39, 0.29) is 29.8 Å². The molecule has 0 saturated carbocycles. The number of pyridine rings is 1. The molecule has 2 aliphatic heterocycles. The zero-order valence-electron chi connectivity index (χ0n) is 16.7. The van der Waals surface area contributed by atoms with Gasteiger partial charge in [-0.05, 0) is 30.9 Å². The smallest absolute Gasteiger partial charge is 0.251 e. The van der Waals surface area contributed by atoms with Crippen LogP contribution in [-0.2, 0) is 17.9 Å². The lowest BCUT2D eigenvalue weighted by atomic mass is 9.78. The van der Waals surface area contributed by atoms with Crippen LogP contribution in [0.5, 0.6) is 0 Å². The van der Waals surface area contributed by atoms with Gasteiger partial charge < -0.3 is 5.32 Å². The summed E-state index contributed by atoms with van der Waals surface area (Å²) in [5.74, 6) is 0.171. The molecule has 0 aromatic carbocycles. The molecule has 2 bridgehead atoms. The van der Waals surface area contributed by atoms with Crippen molar-refractivity contribution in [3.8, 4) is 0 Å². The SMILES string of the molecule is Cc1nonc1CNC(=O)[C@H]1[C@H]2C[C@H](CN(Cc3cccs3)C2)c2cccc(=O)n21. The van der Waals surface area contributed by atoms with Gasteiger partial charge in [0.15, 0.2) is 0 Å². The van der Waals surface area contributed by atoms with Crippen LogP contribution in [0, 0.1) is 12.8 Å². The van der Waals surface area contributed by atoms with Crippen LogP contribution in [0.4, 0.5) is 0 Å². The second-order valence-electron chi connectivity index (χ2n) is 8.08. The van der Waals surface area contributed by atoms with Crippen molar-refractivity contribution in [3.05, 3.63) is 68.0 Å². The molecule has 3 aromatic rings. The molecule has 5 rings (SSSR count). The minimum absolute atomic E-state index is 0.0767. The Bertz CT molecular complexity index is 1110.